The van der Waals surface area contributed by atoms with Crippen LogP contribution >= 0.6 is 0 Å². The molecule has 2 aromatic carbocycles. The first kappa shape index (κ1) is 16.1. The number of hydrogen-bond donors (Lipinski definition) is 1. The summed E-state index contributed by atoms with van der Waals surface area (Å²) in [4.78, 5) is 0. The van der Waals surface area contributed by atoms with Crippen LogP contribution in [0.25, 0.3) is 11.1 Å². The lowest BCUT2D eigenvalue weighted by molar-refractivity contribution is 0.0151. The van der Waals surface area contributed by atoms with Crippen molar-refractivity contribution < 1.29 is 14.6 Å². The highest BCUT2D eigenvalue weighted by molar-refractivity contribution is 5.64. The Kier molecular flexibility index (Phi) is 5.23. The van der Waals surface area contributed by atoms with Crippen LogP contribution in [0.1, 0.15) is 20.8 Å². The number of rotatable bonds is 6. The van der Waals surface area contributed by atoms with Gasteiger partial charge in [0, 0.05) is 0 Å². The van der Waals surface area contributed by atoms with Gasteiger partial charge in [-0.2, -0.15) is 0 Å². The summed E-state index contributed by atoms with van der Waals surface area (Å²) < 4.78 is 11.0. The first-order valence-electron chi connectivity index (χ1n) is 7.33. The first-order chi connectivity index (χ1) is 10.5. The summed E-state index contributed by atoms with van der Waals surface area (Å²) >= 11 is 0. The van der Waals surface area contributed by atoms with Crippen LogP contribution in [0.3, 0.4) is 0 Å². The van der Waals surface area contributed by atoms with Gasteiger partial charge < -0.3 is 14.6 Å². The second kappa shape index (κ2) is 7.14. The molecule has 22 heavy (non-hydrogen) atoms. The van der Waals surface area contributed by atoms with Crippen LogP contribution in [0.4, 0.5) is 0 Å². The van der Waals surface area contributed by atoms with Crippen molar-refractivity contribution in [2.24, 2.45) is 0 Å². The van der Waals surface area contributed by atoms with Crippen molar-refractivity contribution in [2.45, 2.75) is 33.2 Å². The highest BCUT2D eigenvalue weighted by atomic mass is 16.6. The number of ether oxygens (including phenoxy) is 2. The van der Waals surface area contributed by atoms with Crippen LogP contribution in [0, 0.1) is 0 Å². The number of benzene rings is 2. The minimum atomic E-state index is -0.974. The molecule has 0 aliphatic heterocycles. The van der Waals surface area contributed by atoms with Gasteiger partial charge in [-0.1, -0.05) is 30.8 Å². The van der Waals surface area contributed by atoms with Gasteiger partial charge in [0.05, 0.1) is 6.10 Å². The number of aliphatic hydroxyl groups is 1. The molecule has 0 heterocycles. The molecule has 0 amide bonds. The Morgan fingerprint density at radius 3 is 1.64 bits per heavy atom. The van der Waals surface area contributed by atoms with Gasteiger partial charge in [0.2, 0.25) is 6.29 Å². The third kappa shape index (κ3) is 4.37. The predicted molar refractivity (Wildman–Crippen MR) is 89.1 cm³/mol. The molecule has 1 N–H and O–H groups in total. The fourth-order valence-electron chi connectivity index (χ4n) is 1.95. The molecule has 3 heteroatoms. The molecule has 0 aromatic heterocycles. The van der Waals surface area contributed by atoms with E-state index in [4.69, 9.17) is 9.47 Å². The second-order valence-electron chi connectivity index (χ2n) is 5.53. The van der Waals surface area contributed by atoms with Gasteiger partial charge in [-0.3, -0.25) is 0 Å². The summed E-state index contributed by atoms with van der Waals surface area (Å²) in [6.45, 7) is 9.39. The Hall–Kier alpha value is -2.26. The molecular weight excluding hydrogens is 276 g/mol. The first-order valence-corrected chi connectivity index (χ1v) is 7.33. The molecule has 2 aromatic rings. The average Bonchev–Trinajstić information content (AvgIpc) is 2.48. The van der Waals surface area contributed by atoms with E-state index in [1.54, 1.807) is 6.92 Å². The van der Waals surface area contributed by atoms with E-state index in [1.165, 1.54) is 0 Å². The molecule has 0 aliphatic carbocycles. The highest BCUT2D eigenvalue weighted by Crippen LogP contribution is 2.25. The summed E-state index contributed by atoms with van der Waals surface area (Å²) in [7, 11) is 0. The lowest BCUT2D eigenvalue weighted by atomic mass is 10.1. The molecule has 0 fully saturated rings. The van der Waals surface area contributed by atoms with E-state index in [0.717, 1.165) is 16.9 Å². The van der Waals surface area contributed by atoms with E-state index >= 15 is 0 Å². The van der Waals surface area contributed by atoms with Crippen molar-refractivity contribution in [3.63, 3.8) is 0 Å². The Labute approximate surface area is 131 Å². The zero-order valence-electron chi connectivity index (χ0n) is 13.2. The maximum absolute atomic E-state index is 9.63. The molecule has 0 saturated carbocycles. The molecule has 1 atom stereocenters. The van der Waals surface area contributed by atoms with Crippen LogP contribution in [-0.2, 0) is 0 Å². The van der Waals surface area contributed by atoms with Crippen molar-refractivity contribution in [1.82, 2.24) is 0 Å². The molecule has 0 spiro atoms. The minimum Gasteiger partial charge on any atom is -0.491 e. The standard InChI is InChI=1S/C19H22O3/c1-13(2)19(20)22-18-11-7-16(8-12-18)15-5-9-17(10-6-15)21-14(3)4/h5-12,14,19-20H,1H2,2-4H3. The molecule has 0 saturated heterocycles. The smallest absolute Gasteiger partial charge is 0.219 e. The lowest BCUT2D eigenvalue weighted by Gasteiger charge is -2.13. The van der Waals surface area contributed by atoms with Crippen molar-refractivity contribution in [3.8, 4) is 22.6 Å². The van der Waals surface area contributed by atoms with E-state index in [1.807, 2.05) is 62.4 Å². The Morgan fingerprint density at radius 1 is 0.864 bits per heavy atom. The van der Waals surface area contributed by atoms with Crippen LogP contribution in [-0.4, -0.2) is 17.5 Å². The molecule has 3 nitrogen and oxygen atoms in total. The lowest BCUT2D eigenvalue weighted by Crippen LogP contribution is -2.15. The molecule has 0 aliphatic rings. The van der Waals surface area contributed by atoms with Gasteiger partial charge in [-0.25, -0.2) is 0 Å². The zero-order valence-corrected chi connectivity index (χ0v) is 13.2. The molecule has 0 radical (unpaired) electrons. The van der Waals surface area contributed by atoms with Gasteiger partial charge in [-0.05, 0) is 61.7 Å². The Balaban J connectivity index is 2.08. The van der Waals surface area contributed by atoms with Gasteiger partial charge in [0.25, 0.3) is 0 Å². The summed E-state index contributed by atoms with van der Waals surface area (Å²) in [5, 5.41) is 9.63. The van der Waals surface area contributed by atoms with Gasteiger partial charge >= 0.3 is 0 Å². The summed E-state index contributed by atoms with van der Waals surface area (Å²) in [5.74, 6) is 1.47. The van der Waals surface area contributed by atoms with E-state index in [9.17, 15) is 5.11 Å². The maximum atomic E-state index is 9.63. The van der Waals surface area contributed by atoms with Crippen LogP contribution in [0.15, 0.2) is 60.7 Å². The predicted octanol–water partition coefficient (Wildman–Crippen LogP) is 4.41. The quantitative estimate of drug-likeness (QED) is 0.634. The largest absolute Gasteiger partial charge is 0.491 e. The van der Waals surface area contributed by atoms with Crippen LogP contribution < -0.4 is 9.47 Å². The number of aliphatic hydroxyl groups excluding tert-OH is 1. The van der Waals surface area contributed by atoms with E-state index < -0.39 is 6.29 Å². The summed E-state index contributed by atoms with van der Waals surface area (Å²) in [6, 6.07) is 15.6. The minimum absolute atomic E-state index is 0.169. The monoisotopic (exact) mass is 298 g/mol. The fourth-order valence-corrected chi connectivity index (χ4v) is 1.95. The van der Waals surface area contributed by atoms with Crippen molar-refractivity contribution >= 4 is 0 Å². The summed E-state index contributed by atoms with van der Waals surface area (Å²) in [5.41, 5.74) is 2.75. The van der Waals surface area contributed by atoms with Crippen LogP contribution in [0.2, 0.25) is 0 Å². The second-order valence-corrected chi connectivity index (χ2v) is 5.53. The Morgan fingerprint density at radius 2 is 1.27 bits per heavy atom. The zero-order chi connectivity index (χ0) is 16.1. The van der Waals surface area contributed by atoms with Crippen molar-refractivity contribution in [3.05, 3.63) is 60.7 Å². The Bertz CT molecular complexity index is 612. The van der Waals surface area contributed by atoms with Gasteiger partial charge in [0.15, 0.2) is 0 Å². The SMILES string of the molecule is C=C(C)C(O)Oc1ccc(-c2ccc(OC(C)C)cc2)cc1. The number of hydrogen-bond acceptors (Lipinski definition) is 3. The fraction of sp³-hybridized carbons (Fsp3) is 0.263. The van der Waals surface area contributed by atoms with E-state index in [0.29, 0.717) is 11.3 Å². The molecule has 116 valence electrons. The van der Waals surface area contributed by atoms with Gasteiger partial charge in [0.1, 0.15) is 11.5 Å². The third-order valence-electron chi connectivity index (χ3n) is 3.08. The molecule has 1 unspecified atom stereocenters. The molecule has 0 bridgehead atoms. The van der Waals surface area contributed by atoms with Gasteiger partial charge in [-0.15, -0.1) is 0 Å². The van der Waals surface area contributed by atoms with Crippen LogP contribution in [0.5, 0.6) is 11.5 Å². The normalized spacial score (nSPS) is 12.0. The topological polar surface area (TPSA) is 38.7 Å². The van der Waals surface area contributed by atoms with Crippen molar-refractivity contribution in [1.29, 1.82) is 0 Å². The van der Waals surface area contributed by atoms with Crippen molar-refractivity contribution in [2.75, 3.05) is 0 Å². The third-order valence-corrected chi connectivity index (χ3v) is 3.08. The summed E-state index contributed by atoms with van der Waals surface area (Å²) in [6.07, 6.45) is -0.805. The average molecular weight is 298 g/mol. The highest BCUT2D eigenvalue weighted by Gasteiger charge is 2.06. The maximum Gasteiger partial charge on any atom is 0.219 e. The van der Waals surface area contributed by atoms with E-state index in [-0.39, 0.29) is 6.10 Å². The molecular formula is C19H22O3. The molecule has 2 rings (SSSR count). The van der Waals surface area contributed by atoms with E-state index in [2.05, 4.69) is 6.58 Å².